The fourth-order valence-corrected chi connectivity index (χ4v) is 3.68. The van der Waals surface area contributed by atoms with Gasteiger partial charge in [0.2, 0.25) is 15.9 Å². The lowest BCUT2D eigenvalue weighted by molar-refractivity contribution is -0.137. The highest BCUT2D eigenvalue weighted by atomic mass is 32.2. The predicted octanol–water partition coefficient (Wildman–Crippen LogP) is 1.14. The number of nitrogens with one attached hydrogen (secondary N) is 1. The van der Waals surface area contributed by atoms with Crippen molar-refractivity contribution in [1.82, 2.24) is 9.62 Å². The Hall–Kier alpha value is -1.41. The van der Waals surface area contributed by atoms with Crippen LogP contribution in [0.3, 0.4) is 0 Å². The number of nitrogens with zero attached hydrogens (tertiary/aromatic N) is 1. The highest BCUT2D eigenvalue weighted by Gasteiger charge is 2.36. The van der Waals surface area contributed by atoms with Gasteiger partial charge in [-0.3, -0.25) is 14.3 Å². The number of amides is 2. The average Bonchev–Trinajstić information content (AvgIpc) is 3.08. The lowest BCUT2D eigenvalue weighted by atomic mass is 10.2. The first-order valence-corrected chi connectivity index (χ1v) is 9.61. The molecule has 0 aliphatic carbocycles. The normalized spacial score (nSPS) is 18.7. The molecule has 1 aliphatic rings. The third kappa shape index (κ3) is 3.86. The van der Waals surface area contributed by atoms with Crippen LogP contribution in [-0.2, 0) is 26.0 Å². The number of sulfonamides is 1. The molecule has 1 N–H and O–H groups in total. The van der Waals surface area contributed by atoms with E-state index in [4.69, 9.17) is 0 Å². The molecule has 0 aromatic carbocycles. The molecule has 8 heteroatoms. The van der Waals surface area contributed by atoms with Gasteiger partial charge in [-0.25, -0.2) is 8.42 Å². The summed E-state index contributed by atoms with van der Waals surface area (Å²) >= 11 is 1.49. The first-order valence-electron chi connectivity index (χ1n) is 7.18. The van der Waals surface area contributed by atoms with Gasteiger partial charge in [0.25, 0.3) is 5.91 Å². The molecule has 122 valence electrons. The van der Waals surface area contributed by atoms with Crippen LogP contribution in [0, 0.1) is 0 Å². The number of thiophene rings is 1. The van der Waals surface area contributed by atoms with E-state index >= 15 is 0 Å². The fourth-order valence-electron chi connectivity index (χ4n) is 2.33. The van der Waals surface area contributed by atoms with Crippen molar-refractivity contribution < 1.29 is 18.0 Å². The molecule has 6 nitrogen and oxygen atoms in total. The van der Waals surface area contributed by atoms with Crippen molar-refractivity contribution in [3.8, 4) is 0 Å². The Bertz CT molecular complexity index is 638. The van der Waals surface area contributed by atoms with Gasteiger partial charge in [-0.2, -0.15) is 0 Å². The zero-order valence-corrected chi connectivity index (χ0v) is 14.2. The zero-order chi connectivity index (χ0) is 16.3. The van der Waals surface area contributed by atoms with Gasteiger partial charge in [-0.1, -0.05) is 6.07 Å². The van der Waals surface area contributed by atoms with E-state index in [1.54, 1.807) is 0 Å². The molecule has 2 rings (SSSR count). The standard InChI is InChI=1S/C14H20N2O4S2/c1-10(2)22(19,20)15-14(18)12-6-3-7-16(12)13(17)9-11-5-4-8-21-11/h4-5,8,10,12H,3,6-7,9H2,1-2H3,(H,15,18). The van der Waals surface area contributed by atoms with E-state index in [0.29, 0.717) is 19.4 Å². The van der Waals surface area contributed by atoms with Gasteiger partial charge in [-0.05, 0) is 38.1 Å². The number of likely N-dealkylation sites (tertiary alicyclic amines) is 1. The summed E-state index contributed by atoms with van der Waals surface area (Å²) in [6.45, 7) is 3.50. The van der Waals surface area contributed by atoms with E-state index in [2.05, 4.69) is 4.72 Å². The number of rotatable bonds is 5. The summed E-state index contributed by atoms with van der Waals surface area (Å²) in [5.74, 6) is -0.743. The first-order chi connectivity index (χ1) is 10.3. The Labute approximate surface area is 134 Å². The molecule has 2 amide bonds. The predicted molar refractivity (Wildman–Crippen MR) is 85.0 cm³/mol. The molecular formula is C14H20N2O4S2. The van der Waals surface area contributed by atoms with Crippen LogP contribution in [-0.4, -0.2) is 43.0 Å². The molecule has 2 heterocycles. The van der Waals surface area contributed by atoms with Gasteiger partial charge in [0, 0.05) is 11.4 Å². The minimum Gasteiger partial charge on any atom is -0.330 e. The van der Waals surface area contributed by atoms with Gasteiger partial charge in [0.15, 0.2) is 0 Å². The first kappa shape index (κ1) is 17.0. The largest absolute Gasteiger partial charge is 0.330 e. The third-order valence-corrected chi connectivity index (χ3v) is 6.25. The molecule has 0 bridgehead atoms. The van der Waals surface area contributed by atoms with Crippen molar-refractivity contribution in [2.24, 2.45) is 0 Å². The van der Waals surface area contributed by atoms with E-state index in [-0.39, 0.29) is 12.3 Å². The Morgan fingerprint density at radius 2 is 2.18 bits per heavy atom. The van der Waals surface area contributed by atoms with Crippen LogP contribution in [0.5, 0.6) is 0 Å². The number of carbonyl (C=O) groups excluding carboxylic acids is 2. The molecule has 22 heavy (non-hydrogen) atoms. The average molecular weight is 344 g/mol. The van der Waals surface area contributed by atoms with E-state index in [1.807, 2.05) is 17.5 Å². The summed E-state index contributed by atoms with van der Waals surface area (Å²) in [5.41, 5.74) is 0. The fraction of sp³-hybridized carbons (Fsp3) is 0.571. The van der Waals surface area contributed by atoms with E-state index in [0.717, 1.165) is 4.88 Å². The van der Waals surface area contributed by atoms with Gasteiger partial charge >= 0.3 is 0 Å². The van der Waals surface area contributed by atoms with Gasteiger partial charge in [0.05, 0.1) is 11.7 Å². The summed E-state index contributed by atoms with van der Waals surface area (Å²) in [6, 6.07) is 3.05. The second kappa shape index (κ2) is 6.78. The highest BCUT2D eigenvalue weighted by molar-refractivity contribution is 7.90. The maximum atomic E-state index is 12.3. The van der Waals surface area contributed by atoms with Crippen LogP contribution in [0.2, 0.25) is 0 Å². The summed E-state index contributed by atoms with van der Waals surface area (Å²) in [4.78, 5) is 27.0. The van der Waals surface area contributed by atoms with Crippen molar-refractivity contribution in [1.29, 1.82) is 0 Å². The van der Waals surface area contributed by atoms with Crippen molar-refractivity contribution in [3.05, 3.63) is 22.4 Å². The van der Waals surface area contributed by atoms with Crippen molar-refractivity contribution in [3.63, 3.8) is 0 Å². The van der Waals surface area contributed by atoms with Crippen LogP contribution in [0.15, 0.2) is 17.5 Å². The molecule has 1 aliphatic heterocycles. The summed E-state index contributed by atoms with van der Waals surface area (Å²) in [7, 11) is -3.67. The second-order valence-electron chi connectivity index (χ2n) is 5.56. The van der Waals surface area contributed by atoms with E-state index in [9.17, 15) is 18.0 Å². The molecule has 1 unspecified atom stereocenters. The van der Waals surface area contributed by atoms with Gasteiger partial charge in [-0.15, -0.1) is 11.3 Å². The molecule has 0 spiro atoms. The Kier molecular flexibility index (Phi) is 5.23. The van der Waals surface area contributed by atoms with Gasteiger partial charge in [0.1, 0.15) is 6.04 Å². The van der Waals surface area contributed by atoms with Crippen LogP contribution in [0.1, 0.15) is 31.6 Å². The van der Waals surface area contributed by atoms with Crippen LogP contribution in [0.25, 0.3) is 0 Å². The third-order valence-electron chi connectivity index (χ3n) is 3.64. The van der Waals surface area contributed by atoms with E-state index < -0.39 is 27.2 Å². The molecule has 1 atom stereocenters. The SMILES string of the molecule is CC(C)S(=O)(=O)NC(=O)C1CCCN1C(=O)Cc1cccs1. The van der Waals surface area contributed by atoms with Crippen molar-refractivity contribution in [2.75, 3.05) is 6.54 Å². The summed E-state index contributed by atoms with van der Waals surface area (Å²) < 4.78 is 25.7. The summed E-state index contributed by atoms with van der Waals surface area (Å²) in [6.07, 6.45) is 1.45. The van der Waals surface area contributed by atoms with E-state index in [1.165, 1.54) is 30.1 Å². The quantitative estimate of drug-likeness (QED) is 0.868. The van der Waals surface area contributed by atoms with Gasteiger partial charge < -0.3 is 4.90 Å². The highest BCUT2D eigenvalue weighted by Crippen LogP contribution is 2.20. The maximum Gasteiger partial charge on any atom is 0.256 e. The molecule has 0 radical (unpaired) electrons. The molecule has 0 saturated carbocycles. The monoisotopic (exact) mass is 344 g/mol. The van der Waals surface area contributed by atoms with Crippen molar-refractivity contribution in [2.45, 2.75) is 44.4 Å². The smallest absolute Gasteiger partial charge is 0.256 e. The Balaban J connectivity index is 2.04. The van der Waals surface area contributed by atoms with Crippen LogP contribution in [0.4, 0.5) is 0 Å². The van der Waals surface area contributed by atoms with Crippen molar-refractivity contribution >= 4 is 33.2 Å². The Morgan fingerprint density at radius 1 is 1.45 bits per heavy atom. The number of hydrogen-bond acceptors (Lipinski definition) is 5. The second-order valence-corrected chi connectivity index (χ2v) is 8.83. The lowest BCUT2D eigenvalue weighted by Gasteiger charge is -2.24. The van der Waals surface area contributed by atoms with Crippen LogP contribution >= 0.6 is 11.3 Å². The summed E-state index contributed by atoms with van der Waals surface area (Å²) in [5, 5.41) is 1.21. The number of carbonyl (C=O) groups is 2. The lowest BCUT2D eigenvalue weighted by Crippen LogP contribution is -2.49. The van der Waals surface area contributed by atoms with Crippen LogP contribution < -0.4 is 4.72 Å². The minimum absolute atomic E-state index is 0.137. The maximum absolute atomic E-state index is 12.3. The minimum atomic E-state index is -3.67. The zero-order valence-electron chi connectivity index (χ0n) is 12.6. The molecule has 1 aromatic heterocycles. The molecular weight excluding hydrogens is 324 g/mol. The molecule has 1 fully saturated rings. The molecule has 1 saturated heterocycles. The number of hydrogen-bond donors (Lipinski definition) is 1. The molecule has 1 aromatic rings. The topological polar surface area (TPSA) is 83.6 Å². The Morgan fingerprint density at radius 3 is 2.77 bits per heavy atom.